The number of hydrogen-bond acceptors (Lipinski definition) is 3. The average molecular weight is 393 g/mol. The van der Waals surface area contributed by atoms with Gasteiger partial charge in [0.25, 0.3) is 0 Å². The quantitative estimate of drug-likeness (QED) is 0.337. The largest absolute Gasteiger partial charge is 0.497 e. The van der Waals surface area contributed by atoms with Crippen LogP contribution < -0.4 is 20.1 Å². The van der Waals surface area contributed by atoms with E-state index in [1.807, 2.05) is 24.3 Å². The number of nitrogens with zero attached hydrogens (tertiary/aromatic N) is 1. The highest BCUT2D eigenvalue weighted by Crippen LogP contribution is 2.18. The standard InChI is InChI=1S/C14H23N3O2.HI/c1-11(2)17-14(15-3)16-8-9-19-13-7-5-6-12(10-13)18-4;/h5-7,10-11H,8-9H2,1-4H3,(H2,15,16,17);1H. The molecule has 0 bridgehead atoms. The van der Waals surface area contributed by atoms with Crippen LogP contribution >= 0.6 is 24.0 Å². The lowest BCUT2D eigenvalue weighted by Crippen LogP contribution is -2.42. The van der Waals surface area contributed by atoms with Crippen LogP contribution in [-0.4, -0.2) is 39.3 Å². The van der Waals surface area contributed by atoms with Gasteiger partial charge in [-0.05, 0) is 26.0 Å². The molecule has 0 fully saturated rings. The van der Waals surface area contributed by atoms with Gasteiger partial charge >= 0.3 is 0 Å². The molecule has 0 radical (unpaired) electrons. The molecular formula is C14H24IN3O2. The Balaban J connectivity index is 0.00000361. The van der Waals surface area contributed by atoms with E-state index in [4.69, 9.17) is 9.47 Å². The molecule has 0 unspecified atom stereocenters. The Morgan fingerprint density at radius 1 is 1.30 bits per heavy atom. The summed E-state index contributed by atoms with van der Waals surface area (Å²) in [4.78, 5) is 4.12. The lowest BCUT2D eigenvalue weighted by atomic mass is 10.3. The maximum Gasteiger partial charge on any atom is 0.191 e. The topological polar surface area (TPSA) is 54.9 Å². The average Bonchev–Trinajstić information content (AvgIpc) is 2.42. The van der Waals surface area contributed by atoms with E-state index in [2.05, 4.69) is 29.5 Å². The van der Waals surface area contributed by atoms with Crippen molar-refractivity contribution in [3.63, 3.8) is 0 Å². The first kappa shape index (κ1) is 18.8. The van der Waals surface area contributed by atoms with Crippen LogP contribution in [0.3, 0.4) is 0 Å². The minimum Gasteiger partial charge on any atom is -0.497 e. The van der Waals surface area contributed by atoms with Crippen LogP contribution in [0.4, 0.5) is 0 Å². The number of nitrogens with one attached hydrogen (secondary N) is 2. The molecule has 1 rings (SSSR count). The maximum atomic E-state index is 5.62. The number of guanidine groups is 1. The van der Waals surface area contributed by atoms with Crippen LogP contribution in [0, 0.1) is 0 Å². The summed E-state index contributed by atoms with van der Waals surface area (Å²) in [5.41, 5.74) is 0. The van der Waals surface area contributed by atoms with Crippen molar-refractivity contribution in [3.8, 4) is 11.5 Å². The summed E-state index contributed by atoms with van der Waals surface area (Å²) in [6, 6.07) is 7.91. The Morgan fingerprint density at radius 2 is 2.00 bits per heavy atom. The van der Waals surface area contributed by atoms with Gasteiger partial charge in [-0.15, -0.1) is 24.0 Å². The third-order valence-corrected chi connectivity index (χ3v) is 2.35. The smallest absolute Gasteiger partial charge is 0.191 e. The molecule has 0 atom stereocenters. The Labute approximate surface area is 138 Å². The third kappa shape index (κ3) is 7.42. The highest BCUT2D eigenvalue weighted by molar-refractivity contribution is 14.0. The monoisotopic (exact) mass is 393 g/mol. The molecule has 0 saturated carbocycles. The van der Waals surface area contributed by atoms with Gasteiger partial charge in [-0.2, -0.15) is 0 Å². The van der Waals surface area contributed by atoms with Crippen molar-refractivity contribution in [2.24, 2.45) is 4.99 Å². The van der Waals surface area contributed by atoms with Crippen molar-refractivity contribution in [3.05, 3.63) is 24.3 Å². The van der Waals surface area contributed by atoms with Gasteiger partial charge in [0.05, 0.1) is 13.7 Å². The lowest BCUT2D eigenvalue weighted by Gasteiger charge is -2.14. The van der Waals surface area contributed by atoms with E-state index >= 15 is 0 Å². The first-order chi connectivity index (χ1) is 9.15. The molecule has 1 aromatic carbocycles. The molecule has 0 aliphatic carbocycles. The van der Waals surface area contributed by atoms with Crippen molar-refractivity contribution in [1.82, 2.24) is 10.6 Å². The van der Waals surface area contributed by atoms with Gasteiger partial charge in [-0.3, -0.25) is 4.99 Å². The Hall–Kier alpha value is -1.18. The van der Waals surface area contributed by atoms with Gasteiger partial charge in [0, 0.05) is 19.2 Å². The number of rotatable bonds is 6. The summed E-state index contributed by atoms with van der Waals surface area (Å²) in [7, 11) is 3.39. The Morgan fingerprint density at radius 3 is 2.60 bits per heavy atom. The Bertz CT molecular complexity index is 411. The van der Waals surface area contributed by atoms with Gasteiger partial charge < -0.3 is 20.1 Å². The molecule has 6 heteroatoms. The zero-order valence-electron chi connectivity index (χ0n) is 12.5. The fourth-order valence-electron chi connectivity index (χ4n) is 1.50. The van der Waals surface area contributed by atoms with Gasteiger partial charge in [-0.1, -0.05) is 6.07 Å². The molecule has 0 amide bonds. The van der Waals surface area contributed by atoms with E-state index < -0.39 is 0 Å². The Kier molecular flexibility index (Phi) is 9.96. The summed E-state index contributed by atoms with van der Waals surface area (Å²) in [5, 5.41) is 6.39. The molecule has 0 spiro atoms. The normalized spacial score (nSPS) is 10.8. The molecule has 0 aliphatic heterocycles. The predicted octanol–water partition coefficient (Wildman–Crippen LogP) is 2.27. The minimum absolute atomic E-state index is 0. The molecular weight excluding hydrogens is 369 g/mol. The van der Waals surface area contributed by atoms with Crippen molar-refractivity contribution >= 4 is 29.9 Å². The first-order valence-electron chi connectivity index (χ1n) is 6.39. The van der Waals surface area contributed by atoms with E-state index in [1.54, 1.807) is 14.2 Å². The van der Waals surface area contributed by atoms with Crippen LogP contribution in [0.1, 0.15) is 13.8 Å². The third-order valence-electron chi connectivity index (χ3n) is 2.35. The number of methoxy groups -OCH3 is 1. The summed E-state index contributed by atoms with van der Waals surface area (Å²) < 4.78 is 10.8. The second-order valence-corrected chi connectivity index (χ2v) is 4.33. The molecule has 20 heavy (non-hydrogen) atoms. The fraction of sp³-hybridized carbons (Fsp3) is 0.500. The van der Waals surface area contributed by atoms with Gasteiger partial charge in [0.2, 0.25) is 0 Å². The fourth-order valence-corrected chi connectivity index (χ4v) is 1.50. The minimum atomic E-state index is 0. The van der Waals surface area contributed by atoms with E-state index in [9.17, 15) is 0 Å². The van der Waals surface area contributed by atoms with Crippen LogP contribution in [-0.2, 0) is 0 Å². The summed E-state index contributed by atoms with van der Waals surface area (Å²) in [6.45, 7) is 5.38. The summed E-state index contributed by atoms with van der Waals surface area (Å²) >= 11 is 0. The molecule has 1 aromatic rings. The number of hydrogen-bond donors (Lipinski definition) is 2. The van der Waals surface area contributed by atoms with E-state index in [0.29, 0.717) is 19.2 Å². The second kappa shape index (κ2) is 10.6. The maximum absolute atomic E-state index is 5.62. The van der Waals surface area contributed by atoms with Crippen LogP contribution in [0.15, 0.2) is 29.3 Å². The molecule has 0 heterocycles. The van der Waals surface area contributed by atoms with Crippen molar-refractivity contribution < 1.29 is 9.47 Å². The number of benzene rings is 1. The second-order valence-electron chi connectivity index (χ2n) is 4.33. The van der Waals surface area contributed by atoms with Gasteiger partial charge in [0.15, 0.2) is 5.96 Å². The van der Waals surface area contributed by atoms with Crippen molar-refractivity contribution in [1.29, 1.82) is 0 Å². The van der Waals surface area contributed by atoms with Crippen molar-refractivity contribution in [2.45, 2.75) is 19.9 Å². The molecule has 2 N–H and O–H groups in total. The van der Waals surface area contributed by atoms with E-state index in [1.165, 1.54) is 0 Å². The predicted molar refractivity (Wildman–Crippen MR) is 93.5 cm³/mol. The van der Waals surface area contributed by atoms with Crippen molar-refractivity contribution in [2.75, 3.05) is 27.3 Å². The highest BCUT2D eigenvalue weighted by atomic mass is 127. The lowest BCUT2D eigenvalue weighted by molar-refractivity contribution is 0.319. The molecule has 0 saturated heterocycles. The van der Waals surface area contributed by atoms with Crippen LogP contribution in [0.5, 0.6) is 11.5 Å². The van der Waals surface area contributed by atoms with Crippen LogP contribution in [0.2, 0.25) is 0 Å². The van der Waals surface area contributed by atoms with E-state index in [-0.39, 0.29) is 24.0 Å². The van der Waals surface area contributed by atoms with Crippen LogP contribution in [0.25, 0.3) is 0 Å². The SMILES string of the molecule is CN=C(NCCOc1cccc(OC)c1)NC(C)C.I. The van der Waals surface area contributed by atoms with Gasteiger partial charge in [-0.25, -0.2) is 0 Å². The number of halogens is 1. The van der Waals surface area contributed by atoms with E-state index in [0.717, 1.165) is 17.5 Å². The zero-order valence-corrected chi connectivity index (χ0v) is 14.8. The summed E-state index contributed by atoms with van der Waals surface area (Å²) in [6.07, 6.45) is 0. The zero-order chi connectivity index (χ0) is 14.1. The number of ether oxygens (including phenoxy) is 2. The molecule has 114 valence electrons. The summed E-state index contributed by atoms with van der Waals surface area (Å²) in [5.74, 6) is 2.37. The molecule has 0 aliphatic rings. The molecule has 5 nitrogen and oxygen atoms in total. The number of aliphatic imine (C=N–C) groups is 1. The highest BCUT2D eigenvalue weighted by Gasteiger charge is 2.00. The van der Waals surface area contributed by atoms with Gasteiger partial charge in [0.1, 0.15) is 18.1 Å². The first-order valence-corrected chi connectivity index (χ1v) is 6.39. The molecule has 0 aromatic heterocycles.